The molecule has 14 heteroatoms. The zero-order valence-corrected chi connectivity index (χ0v) is 18.6. The summed E-state index contributed by atoms with van der Waals surface area (Å²) in [5.41, 5.74) is 2.45. The monoisotopic (exact) mass is 520 g/mol. The van der Waals surface area contributed by atoms with Crippen LogP contribution in [0.5, 0.6) is 0 Å². The summed E-state index contributed by atoms with van der Waals surface area (Å²) in [6.45, 7) is 0.807. The van der Waals surface area contributed by atoms with E-state index in [-0.39, 0.29) is 41.5 Å². The molecule has 0 spiro atoms. The molecule has 0 atom stereocenters. The lowest BCUT2D eigenvalue weighted by molar-refractivity contribution is -0.174. The number of urea groups is 1. The number of morpholine rings is 1. The number of alkyl halides is 3. The summed E-state index contributed by atoms with van der Waals surface area (Å²) in [6, 6.07) is 6.02. The van der Waals surface area contributed by atoms with Crippen molar-refractivity contribution in [3.8, 4) is 0 Å². The van der Waals surface area contributed by atoms with E-state index in [0.29, 0.717) is 13.2 Å². The van der Waals surface area contributed by atoms with Gasteiger partial charge in [-0.25, -0.2) is 13.6 Å². The zero-order chi connectivity index (χ0) is 25.8. The van der Waals surface area contributed by atoms with Gasteiger partial charge in [0.15, 0.2) is 0 Å². The fraction of sp³-hybridized carbons (Fsp3) is 0.286. The van der Waals surface area contributed by atoms with Crippen molar-refractivity contribution >= 4 is 35.1 Å². The van der Waals surface area contributed by atoms with Gasteiger partial charge in [-0.1, -0.05) is 17.7 Å². The predicted octanol–water partition coefficient (Wildman–Crippen LogP) is 3.40. The largest absolute Gasteiger partial charge is 0.472 e. The molecule has 2 N–H and O–H groups in total. The van der Waals surface area contributed by atoms with Crippen LogP contribution >= 0.6 is 11.6 Å². The Morgan fingerprint density at radius 1 is 1.00 bits per heavy atom. The molecule has 2 aromatic carbocycles. The number of nitrogens with zero attached hydrogens (tertiary/aromatic N) is 2. The van der Waals surface area contributed by atoms with Crippen molar-refractivity contribution in [3.63, 3.8) is 0 Å². The Morgan fingerprint density at radius 2 is 1.69 bits per heavy atom. The standard InChI is InChI=1S/C21H18ClF5N4O4/c22-15-10-14(3-4-16(15)23)31(20(34)30-5-7-35-8-6-30)11-13-2-1-12(9-17(13)24)18(32)28-29-19(33)21(25,26)27/h1-4,9-10H,5-8,11H2,(H,28,32)(H,29,33). The molecule has 1 heterocycles. The average molecular weight is 521 g/mol. The molecule has 35 heavy (non-hydrogen) atoms. The summed E-state index contributed by atoms with van der Waals surface area (Å²) in [6.07, 6.45) is -5.22. The van der Waals surface area contributed by atoms with E-state index >= 15 is 0 Å². The predicted molar refractivity (Wildman–Crippen MR) is 113 cm³/mol. The minimum atomic E-state index is -5.22. The first-order valence-corrected chi connectivity index (χ1v) is 10.4. The highest BCUT2D eigenvalue weighted by atomic mass is 35.5. The minimum Gasteiger partial charge on any atom is -0.378 e. The quantitative estimate of drug-likeness (QED) is 0.478. The molecule has 0 radical (unpaired) electrons. The second-order valence-corrected chi connectivity index (χ2v) is 7.69. The molecule has 4 amide bonds. The van der Waals surface area contributed by atoms with E-state index < -0.39 is 35.7 Å². The van der Waals surface area contributed by atoms with Crippen LogP contribution < -0.4 is 15.8 Å². The minimum absolute atomic E-state index is 0.0528. The van der Waals surface area contributed by atoms with Crippen molar-refractivity contribution in [3.05, 3.63) is 64.2 Å². The third-order valence-electron chi connectivity index (χ3n) is 4.92. The van der Waals surface area contributed by atoms with Gasteiger partial charge in [-0.3, -0.25) is 25.3 Å². The highest BCUT2D eigenvalue weighted by molar-refractivity contribution is 6.31. The number of benzene rings is 2. The summed E-state index contributed by atoms with van der Waals surface area (Å²) < 4.78 is 70.4. The first-order valence-electron chi connectivity index (χ1n) is 10.0. The lowest BCUT2D eigenvalue weighted by Crippen LogP contribution is -2.48. The molecule has 1 aliphatic rings. The highest BCUT2D eigenvalue weighted by Gasteiger charge is 2.39. The van der Waals surface area contributed by atoms with Gasteiger partial charge in [0.05, 0.1) is 24.8 Å². The lowest BCUT2D eigenvalue weighted by Gasteiger charge is -2.33. The molecule has 3 rings (SSSR count). The van der Waals surface area contributed by atoms with E-state index in [9.17, 15) is 36.3 Å². The summed E-state index contributed by atoms with van der Waals surface area (Å²) >= 11 is 5.85. The number of halogens is 6. The van der Waals surface area contributed by atoms with Crippen LogP contribution in [0.2, 0.25) is 5.02 Å². The van der Waals surface area contributed by atoms with Crippen LogP contribution in [0.4, 0.5) is 32.4 Å². The van der Waals surface area contributed by atoms with Gasteiger partial charge in [0.25, 0.3) is 5.91 Å². The molecule has 188 valence electrons. The summed E-state index contributed by atoms with van der Waals surface area (Å²) in [5, 5.41) is -0.254. The first-order chi connectivity index (χ1) is 16.5. The molecule has 0 bridgehead atoms. The smallest absolute Gasteiger partial charge is 0.378 e. The Bertz CT molecular complexity index is 1130. The Kier molecular flexibility index (Phi) is 8.12. The summed E-state index contributed by atoms with van der Waals surface area (Å²) in [5.74, 6) is -5.26. The maximum Gasteiger partial charge on any atom is 0.472 e. The van der Waals surface area contributed by atoms with E-state index in [4.69, 9.17) is 16.3 Å². The first kappa shape index (κ1) is 26.2. The van der Waals surface area contributed by atoms with E-state index in [0.717, 1.165) is 24.3 Å². The molecule has 2 aromatic rings. The molecule has 0 saturated carbocycles. The van der Waals surface area contributed by atoms with Crippen LogP contribution in [0.1, 0.15) is 15.9 Å². The summed E-state index contributed by atoms with van der Waals surface area (Å²) in [7, 11) is 0. The van der Waals surface area contributed by atoms with Crippen LogP contribution in [0, 0.1) is 11.6 Å². The maximum atomic E-state index is 14.8. The van der Waals surface area contributed by atoms with Crippen molar-refractivity contribution in [2.24, 2.45) is 0 Å². The molecule has 0 aliphatic carbocycles. The molecule has 1 fully saturated rings. The van der Waals surface area contributed by atoms with Crippen LogP contribution in [0.3, 0.4) is 0 Å². The van der Waals surface area contributed by atoms with Gasteiger partial charge in [-0.2, -0.15) is 13.2 Å². The molecular formula is C21H18ClF5N4O4. The van der Waals surface area contributed by atoms with Crippen molar-refractivity contribution in [2.45, 2.75) is 12.7 Å². The highest BCUT2D eigenvalue weighted by Crippen LogP contribution is 2.26. The second kappa shape index (κ2) is 10.9. The Morgan fingerprint density at radius 3 is 2.29 bits per heavy atom. The lowest BCUT2D eigenvalue weighted by atomic mass is 10.1. The molecule has 1 aliphatic heterocycles. The van der Waals surface area contributed by atoms with Crippen LogP contribution in [0.25, 0.3) is 0 Å². The average Bonchev–Trinajstić information content (AvgIpc) is 2.82. The van der Waals surface area contributed by atoms with Crippen molar-refractivity contribution in [1.82, 2.24) is 15.8 Å². The number of carbonyl (C=O) groups excluding carboxylic acids is 3. The van der Waals surface area contributed by atoms with Crippen LogP contribution in [0.15, 0.2) is 36.4 Å². The zero-order valence-electron chi connectivity index (χ0n) is 17.8. The normalized spacial score (nSPS) is 13.8. The summed E-state index contributed by atoms with van der Waals surface area (Å²) in [4.78, 5) is 38.6. The number of amides is 4. The molecule has 1 saturated heterocycles. The molecule has 8 nitrogen and oxygen atoms in total. The van der Waals surface area contributed by atoms with E-state index in [1.807, 2.05) is 0 Å². The molecule has 0 unspecified atom stereocenters. The van der Waals surface area contributed by atoms with Gasteiger partial charge in [0.1, 0.15) is 11.6 Å². The second-order valence-electron chi connectivity index (χ2n) is 7.28. The SMILES string of the molecule is O=C(NNC(=O)C(F)(F)F)c1ccc(CN(C(=O)N2CCOCC2)c2ccc(F)c(Cl)c2)c(F)c1. The number of nitrogens with one attached hydrogen (secondary N) is 2. The fourth-order valence-corrected chi connectivity index (χ4v) is 3.27. The van der Waals surface area contributed by atoms with Gasteiger partial charge in [-0.05, 0) is 30.3 Å². The van der Waals surface area contributed by atoms with Gasteiger partial charge >= 0.3 is 18.1 Å². The number of hydrogen-bond acceptors (Lipinski definition) is 4. The number of anilines is 1. The Labute approximate surface area is 200 Å². The number of ether oxygens (including phenoxy) is 1. The fourth-order valence-electron chi connectivity index (χ4n) is 3.09. The number of rotatable bonds is 4. The van der Waals surface area contributed by atoms with Gasteiger partial charge in [-0.15, -0.1) is 0 Å². The van der Waals surface area contributed by atoms with E-state index in [2.05, 4.69) is 0 Å². The third-order valence-corrected chi connectivity index (χ3v) is 5.21. The van der Waals surface area contributed by atoms with Crippen LogP contribution in [-0.2, 0) is 16.1 Å². The Hall–Kier alpha value is -3.45. The molecular weight excluding hydrogens is 503 g/mol. The van der Waals surface area contributed by atoms with Crippen molar-refractivity contribution in [2.75, 3.05) is 31.2 Å². The van der Waals surface area contributed by atoms with Crippen molar-refractivity contribution in [1.29, 1.82) is 0 Å². The van der Waals surface area contributed by atoms with Gasteiger partial charge in [0, 0.05) is 29.9 Å². The molecule has 0 aromatic heterocycles. The number of hydrazine groups is 1. The van der Waals surface area contributed by atoms with Crippen LogP contribution in [-0.4, -0.2) is 55.2 Å². The maximum absolute atomic E-state index is 14.8. The van der Waals surface area contributed by atoms with Crippen molar-refractivity contribution < 1.29 is 41.1 Å². The van der Waals surface area contributed by atoms with E-state index in [1.165, 1.54) is 32.8 Å². The van der Waals surface area contributed by atoms with Gasteiger partial charge < -0.3 is 9.64 Å². The number of hydrogen-bond donors (Lipinski definition) is 2. The third kappa shape index (κ3) is 6.57. The number of carbonyl (C=O) groups is 3. The Balaban J connectivity index is 1.81. The van der Waals surface area contributed by atoms with E-state index in [1.54, 1.807) is 0 Å². The topological polar surface area (TPSA) is 91.0 Å². The van der Waals surface area contributed by atoms with Gasteiger partial charge in [0.2, 0.25) is 0 Å².